The predicted molar refractivity (Wildman–Crippen MR) is 62.6 cm³/mol. The molecule has 2 aromatic carbocycles. The van der Waals surface area contributed by atoms with Gasteiger partial charge in [-0.1, -0.05) is 18.2 Å². The highest BCUT2D eigenvalue weighted by Crippen LogP contribution is 2.20. The van der Waals surface area contributed by atoms with Crippen molar-refractivity contribution in [2.45, 2.75) is 0 Å². The molecule has 83 valence electrons. The highest BCUT2D eigenvalue weighted by molar-refractivity contribution is 5.44. The van der Waals surface area contributed by atoms with Gasteiger partial charge in [-0.3, -0.25) is 10.1 Å². The number of hydrogen-bond donors (Lipinski definition) is 0. The van der Waals surface area contributed by atoms with E-state index in [0.717, 1.165) is 0 Å². The van der Waals surface area contributed by atoms with E-state index in [-0.39, 0.29) is 5.69 Å². The monoisotopic (exact) mass is 226 g/mol. The highest BCUT2D eigenvalue weighted by atomic mass is 16.6. The summed E-state index contributed by atoms with van der Waals surface area (Å²) in [6, 6.07) is 16.0. The molecule has 0 amide bonds. The molecule has 0 aromatic heterocycles. The number of nitro benzene ring substituents is 1. The Hall–Kier alpha value is -2.56. The first-order valence-electron chi connectivity index (χ1n) is 4.88. The van der Waals surface area contributed by atoms with Crippen LogP contribution in [0.2, 0.25) is 0 Å². The average Bonchev–Trinajstić information content (AvgIpc) is 2.38. The van der Waals surface area contributed by atoms with Crippen LogP contribution in [0.5, 0.6) is 0 Å². The minimum Gasteiger partial charge on any atom is -0.258 e. The number of benzene rings is 2. The number of non-ortho nitro benzene ring substituents is 1. The van der Waals surface area contributed by atoms with Crippen LogP contribution in [0.4, 0.5) is 17.1 Å². The van der Waals surface area contributed by atoms with Crippen LogP contribution < -0.4 is 0 Å². The van der Waals surface area contributed by atoms with Crippen molar-refractivity contribution in [1.29, 1.82) is 0 Å². The fourth-order valence-corrected chi connectivity index (χ4v) is 1.20. The molecular weight excluding hydrogens is 218 g/mol. The third-order valence-electron chi connectivity index (χ3n) is 2.03. The minimum atomic E-state index is -0.452. The van der Waals surface area contributed by atoms with Crippen molar-refractivity contribution >= 4 is 17.1 Å². The molecule has 5 nitrogen and oxygen atoms in total. The van der Waals surface area contributed by atoms with Gasteiger partial charge in [-0.05, 0) is 18.2 Å². The second-order valence-electron chi connectivity index (χ2n) is 3.22. The van der Waals surface area contributed by atoms with Crippen LogP contribution >= 0.6 is 0 Å². The standard InChI is InChI=1S/C12H8N3O2/c16-15(17)12-8-6-11(7-9-12)14-13-10-4-2-1-3-5-10/h1-4,6-9H/b14-13+. The molecule has 0 saturated carbocycles. The molecule has 0 aliphatic heterocycles. The van der Waals surface area contributed by atoms with Gasteiger partial charge in [-0.15, -0.1) is 5.11 Å². The predicted octanol–water partition coefficient (Wildman–Crippen LogP) is 3.81. The molecule has 2 rings (SSSR count). The maximum Gasteiger partial charge on any atom is 0.269 e. The lowest BCUT2D eigenvalue weighted by atomic mass is 10.3. The number of nitrogens with zero attached hydrogens (tertiary/aromatic N) is 3. The van der Waals surface area contributed by atoms with Crippen molar-refractivity contribution in [3.63, 3.8) is 0 Å². The molecule has 0 bridgehead atoms. The van der Waals surface area contributed by atoms with Gasteiger partial charge >= 0.3 is 0 Å². The van der Waals surface area contributed by atoms with Crippen molar-refractivity contribution < 1.29 is 4.92 Å². The van der Waals surface area contributed by atoms with Gasteiger partial charge in [0.2, 0.25) is 0 Å². The van der Waals surface area contributed by atoms with Gasteiger partial charge in [0, 0.05) is 18.2 Å². The van der Waals surface area contributed by atoms with Gasteiger partial charge < -0.3 is 0 Å². The van der Waals surface area contributed by atoms with Crippen LogP contribution in [0.25, 0.3) is 0 Å². The summed E-state index contributed by atoms with van der Waals surface area (Å²) in [5, 5.41) is 18.3. The first-order valence-corrected chi connectivity index (χ1v) is 4.88. The Kier molecular flexibility index (Phi) is 3.20. The average molecular weight is 226 g/mol. The second kappa shape index (κ2) is 4.98. The summed E-state index contributed by atoms with van der Waals surface area (Å²) >= 11 is 0. The summed E-state index contributed by atoms with van der Waals surface area (Å²) in [6.45, 7) is 0. The van der Waals surface area contributed by atoms with Crippen LogP contribution in [0.1, 0.15) is 0 Å². The fraction of sp³-hybridized carbons (Fsp3) is 0. The molecule has 0 spiro atoms. The van der Waals surface area contributed by atoms with Gasteiger partial charge in [-0.2, -0.15) is 5.11 Å². The zero-order valence-corrected chi connectivity index (χ0v) is 8.78. The van der Waals surface area contributed by atoms with Gasteiger partial charge in [0.15, 0.2) is 0 Å². The summed E-state index contributed by atoms with van der Waals surface area (Å²) in [5.41, 5.74) is 1.22. The quantitative estimate of drug-likeness (QED) is 0.453. The van der Waals surface area contributed by atoms with E-state index in [9.17, 15) is 10.1 Å². The summed E-state index contributed by atoms with van der Waals surface area (Å²) in [7, 11) is 0. The molecule has 0 heterocycles. The Balaban J connectivity index is 2.14. The Morgan fingerprint density at radius 3 is 2.41 bits per heavy atom. The topological polar surface area (TPSA) is 67.9 Å². The van der Waals surface area contributed by atoms with Gasteiger partial charge in [-0.25, -0.2) is 0 Å². The van der Waals surface area contributed by atoms with E-state index in [1.807, 2.05) is 12.1 Å². The van der Waals surface area contributed by atoms with Crippen LogP contribution in [0.15, 0.2) is 58.8 Å². The van der Waals surface area contributed by atoms with Crippen molar-refractivity contribution in [2.24, 2.45) is 10.2 Å². The zero-order valence-electron chi connectivity index (χ0n) is 8.78. The molecule has 0 unspecified atom stereocenters. The summed E-state index contributed by atoms with van der Waals surface area (Å²) in [6.07, 6.45) is 0. The molecule has 0 aliphatic rings. The van der Waals surface area contributed by atoms with E-state index in [1.54, 1.807) is 24.3 Å². The van der Waals surface area contributed by atoms with E-state index in [0.29, 0.717) is 11.4 Å². The van der Waals surface area contributed by atoms with Crippen LogP contribution in [0, 0.1) is 16.2 Å². The maximum atomic E-state index is 10.4. The van der Waals surface area contributed by atoms with E-state index in [2.05, 4.69) is 16.3 Å². The summed E-state index contributed by atoms with van der Waals surface area (Å²) in [4.78, 5) is 9.99. The number of nitro groups is 1. The second-order valence-corrected chi connectivity index (χ2v) is 3.22. The van der Waals surface area contributed by atoms with Crippen molar-refractivity contribution in [2.75, 3.05) is 0 Å². The molecule has 2 aromatic rings. The van der Waals surface area contributed by atoms with Crippen LogP contribution in [-0.2, 0) is 0 Å². The lowest BCUT2D eigenvalue weighted by Crippen LogP contribution is -1.85. The van der Waals surface area contributed by atoms with Crippen molar-refractivity contribution in [3.8, 4) is 0 Å². The Morgan fingerprint density at radius 2 is 1.82 bits per heavy atom. The fourth-order valence-electron chi connectivity index (χ4n) is 1.20. The first kappa shape index (κ1) is 10.9. The smallest absolute Gasteiger partial charge is 0.258 e. The SMILES string of the molecule is O=[N+]([O-])c1ccc(/N=N/c2[c]cccc2)cc1. The number of rotatable bonds is 3. The van der Waals surface area contributed by atoms with Gasteiger partial charge in [0.05, 0.1) is 16.3 Å². The zero-order chi connectivity index (χ0) is 12.1. The molecule has 0 atom stereocenters. The molecule has 5 heteroatoms. The third kappa shape index (κ3) is 2.94. The van der Waals surface area contributed by atoms with Gasteiger partial charge in [0.25, 0.3) is 5.69 Å². The van der Waals surface area contributed by atoms with Gasteiger partial charge in [0.1, 0.15) is 0 Å². The van der Waals surface area contributed by atoms with Crippen LogP contribution in [0.3, 0.4) is 0 Å². The minimum absolute atomic E-state index is 0.0372. The number of hydrogen-bond acceptors (Lipinski definition) is 4. The third-order valence-corrected chi connectivity index (χ3v) is 2.03. The highest BCUT2D eigenvalue weighted by Gasteiger charge is 2.02. The Morgan fingerprint density at radius 1 is 1.06 bits per heavy atom. The molecule has 0 N–H and O–H groups in total. The molecule has 0 fully saturated rings. The normalized spacial score (nSPS) is 10.6. The van der Waals surface area contributed by atoms with E-state index in [1.165, 1.54) is 12.1 Å². The lowest BCUT2D eigenvalue weighted by molar-refractivity contribution is -0.384. The lowest BCUT2D eigenvalue weighted by Gasteiger charge is -1.93. The summed E-state index contributed by atoms with van der Waals surface area (Å²) < 4.78 is 0. The Bertz CT molecular complexity index is 535. The molecule has 0 saturated heterocycles. The van der Waals surface area contributed by atoms with E-state index >= 15 is 0 Å². The van der Waals surface area contributed by atoms with E-state index < -0.39 is 4.92 Å². The van der Waals surface area contributed by atoms with Crippen LogP contribution in [-0.4, -0.2) is 4.92 Å². The Labute approximate surface area is 97.6 Å². The largest absolute Gasteiger partial charge is 0.269 e. The van der Waals surface area contributed by atoms with Crippen molar-refractivity contribution in [3.05, 3.63) is 64.7 Å². The first-order chi connectivity index (χ1) is 8.25. The molecule has 17 heavy (non-hydrogen) atoms. The van der Waals surface area contributed by atoms with E-state index in [4.69, 9.17) is 0 Å². The maximum absolute atomic E-state index is 10.4. The summed E-state index contributed by atoms with van der Waals surface area (Å²) in [5.74, 6) is 0. The molecule has 0 aliphatic carbocycles. The molecule has 1 radical (unpaired) electrons. The molecular formula is C12H8N3O2. The van der Waals surface area contributed by atoms with Crippen molar-refractivity contribution in [1.82, 2.24) is 0 Å². The number of azo groups is 1.